The fraction of sp³-hybridized carbons (Fsp3) is 0.414. The summed E-state index contributed by atoms with van der Waals surface area (Å²) in [4.78, 5) is 27.3. The summed E-state index contributed by atoms with van der Waals surface area (Å²) in [5.41, 5.74) is 3.41. The van der Waals surface area contributed by atoms with Crippen molar-refractivity contribution in [1.82, 2.24) is 10.3 Å². The summed E-state index contributed by atoms with van der Waals surface area (Å²) < 4.78 is 45.0. The standard InChI is InChI=1S/C29H33F3N2O4/c1-28(2,3)22-10-8-19(9-11-22)24-13-12-23(18-34-24)38-25(14-16-29(30,31)32)20-4-6-21(7-5-20)27(37)33-17-15-26(35)36/h4-6,8-13,18,21,25H,7,14-17H2,1-3H3,(H,33,37)(H,35,36). The quantitative estimate of drug-likeness (QED) is 0.380. The number of carboxylic acid groups (broad SMARTS) is 1. The summed E-state index contributed by atoms with van der Waals surface area (Å²) in [5.74, 6) is -1.53. The van der Waals surface area contributed by atoms with Crippen LogP contribution in [0.15, 0.2) is 66.4 Å². The van der Waals surface area contributed by atoms with Crippen LogP contribution in [0, 0.1) is 5.92 Å². The van der Waals surface area contributed by atoms with Gasteiger partial charge in [0.15, 0.2) is 0 Å². The van der Waals surface area contributed by atoms with Crippen LogP contribution in [0.4, 0.5) is 13.2 Å². The van der Waals surface area contributed by atoms with Crippen LogP contribution in [-0.4, -0.2) is 40.8 Å². The van der Waals surface area contributed by atoms with Crippen LogP contribution in [0.1, 0.15) is 52.0 Å². The van der Waals surface area contributed by atoms with E-state index in [0.29, 0.717) is 11.3 Å². The van der Waals surface area contributed by atoms with Crippen molar-refractivity contribution in [2.45, 2.75) is 64.1 Å². The van der Waals surface area contributed by atoms with Gasteiger partial charge < -0.3 is 15.2 Å². The number of nitrogens with one attached hydrogen (secondary N) is 1. The molecule has 1 aliphatic rings. The molecule has 0 saturated carbocycles. The molecule has 1 heterocycles. The number of ether oxygens (including phenoxy) is 1. The second-order valence-electron chi connectivity index (χ2n) is 10.3. The number of carbonyl (C=O) groups is 2. The van der Waals surface area contributed by atoms with E-state index in [1.54, 1.807) is 30.4 Å². The van der Waals surface area contributed by atoms with Gasteiger partial charge in [-0.25, -0.2) is 0 Å². The van der Waals surface area contributed by atoms with Crippen molar-refractivity contribution in [3.05, 3.63) is 72.0 Å². The minimum Gasteiger partial charge on any atom is -0.484 e. The van der Waals surface area contributed by atoms with Crippen LogP contribution in [0.25, 0.3) is 11.3 Å². The number of aromatic nitrogens is 1. The highest BCUT2D eigenvalue weighted by molar-refractivity contribution is 5.81. The van der Waals surface area contributed by atoms with E-state index in [1.807, 2.05) is 12.1 Å². The smallest absolute Gasteiger partial charge is 0.389 e. The van der Waals surface area contributed by atoms with Crippen molar-refractivity contribution >= 4 is 11.9 Å². The molecule has 1 aliphatic carbocycles. The number of hydrogen-bond donors (Lipinski definition) is 2. The zero-order valence-corrected chi connectivity index (χ0v) is 21.7. The molecule has 6 nitrogen and oxygen atoms in total. The van der Waals surface area contributed by atoms with E-state index in [1.165, 1.54) is 11.8 Å². The fourth-order valence-corrected chi connectivity index (χ4v) is 4.01. The van der Waals surface area contributed by atoms with Crippen molar-refractivity contribution in [2.24, 2.45) is 5.92 Å². The Kier molecular flexibility index (Phi) is 9.36. The lowest BCUT2D eigenvalue weighted by atomic mass is 9.86. The van der Waals surface area contributed by atoms with Crippen molar-refractivity contribution in [3.8, 4) is 17.0 Å². The Balaban J connectivity index is 1.68. The monoisotopic (exact) mass is 530 g/mol. The molecular weight excluding hydrogens is 497 g/mol. The maximum atomic E-state index is 13.0. The van der Waals surface area contributed by atoms with Gasteiger partial charge in [-0.05, 0) is 41.5 Å². The first-order chi connectivity index (χ1) is 17.8. The highest BCUT2D eigenvalue weighted by Crippen LogP contribution is 2.30. The van der Waals surface area contributed by atoms with Gasteiger partial charge in [0.05, 0.1) is 24.2 Å². The van der Waals surface area contributed by atoms with E-state index in [4.69, 9.17) is 9.84 Å². The summed E-state index contributed by atoms with van der Waals surface area (Å²) >= 11 is 0. The van der Waals surface area contributed by atoms with Crippen LogP contribution >= 0.6 is 0 Å². The molecule has 1 aromatic heterocycles. The fourth-order valence-electron chi connectivity index (χ4n) is 4.01. The largest absolute Gasteiger partial charge is 0.484 e. The summed E-state index contributed by atoms with van der Waals surface area (Å²) in [7, 11) is 0. The van der Waals surface area contributed by atoms with E-state index in [9.17, 15) is 22.8 Å². The van der Waals surface area contributed by atoms with Gasteiger partial charge in [0.2, 0.25) is 5.91 Å². The van der Waals surface area contributed by atoms with Gasteiger partial charge in [0.1, 0.15) is 11.9 Å². The van der Waals surface area contributed by atoms with E-state index >= 15 is 0 Å². The summed E-state index contributed by atoms with van der Waals surface area (Å²) in [6.07, 6.45) is -0.0251. The number of amides is 1. The van der Waals surface area contributed by atoms with Crippen LogP contribution in [0.5, 0.6) is 5.75 Å². The molecule has 0 radical (unpaired) electrons. The summed E-state index contributed by atoms with van der Waals surface area (Å²) in [6, 6.07) is 11.5. The molecule has 3 rings (SSSR count). The molecule has 2 aromatic rings. The molecule has 0 spiro atoms. The highest BCUT2D eigenvalue weighted by atomic mass is 19.4. The third kappa shape index (κ3) is 8.75. The maximum absolute atomic E-state index is 13.0. The van der Waals surface area contributed by atoms with E-state index < -0.39 is 30.6 Å². The number of alkyl halides is 3. The Labute approximate surface area is 220 Å². The van der Waals surface area contributed by atoms with Gasteiger partial charge in [-0.1, -0.05) is 63.3 Å². The topological polar surface area (TPSA) is 88.5 Å². The number of carboxylic acids is 1. The first kappa shape index (κ1) is 28.9. The Morgan fingerprint density at radius 3 is 2.37 bits per heavy atom. The molecular formula is C29H33F3N2O4. The lowest BCUT2D eigenvalue weighted by Crippen LogP contribution is -2.32. The Bertz CT molecular complexity index is 1160. The van der Waals surface area contributed by atoms with E-state index in [2.05, 4.69) is 43.2 Å². The van der Waals surface area contributed by atoms with Crippen LogP contribution < -0.4 is 10.1 Å². The van der Waals surface area contributed by atoms with Gasteiger partial charge in [0.25, 0.3) is 0 Å². The Morgan fingerprint density at radius 1 is 1.13 bits per heavy atom. The van der Waals surface area contributed by atoms with Gasteiger partial charge in [-0.15, -0.1) is 0 Å². The molecule has 0 bridgehead atoms. The zero-order valence-electron chi connectivity index (χ0n) is 21.7. The molecule has 2 unspecified atom stereocenters. The van der Waals surface area contributed by atoms with Gasteiger partial charge in [-0.3, -0.25) is 14.6 Å². The predicted molar refractivity (Wildman–Crippen MR) is 139 cm³/mol. The number of pyridine rings is 1. The highest BCUT2D eigenvalue weighted by Gasteiger charge is 2.31. The molecule has 9 heteroatoms. The summed E-state index contributed by atoms with van der Waals surface area (Å²) in [5, 5.41) is 11.3. The average molecular weight is 531 g/mol. The van der Waals surface area contributed by atoms with Crippen molar-refractivity contribution in [3.63, 3.8) is 0 Å². The number of hydrogen-bond acceptors (Lipinski definition) is 4. The van der Waals surface area contributed by atoms with Crippen LogP contribution in [0.2, 0.25) is 0 Å². The lowest BCUT2D eigenvalue weighted by Gasteiger charge is -2.24. The first-order valence-electron chi connectivity index (χ1n) is 12.5. The molecule has 0 aliphatic heterocycles. The summed E-state index contributed by atoms with van der Waals surface area (Å²) in [6.45, 7) is 6.41. The average Bonchev–Trinajstić information content (AvgIpc) is 2.86. The van der Waals surface area contributed by atoms with Crippen molar-refractivity contribution in [2.75, 3.05) is 6.54 Å². The predicted octanol–water partition coefficient (Wildman–Crippen LogP) is 6.23. The second-order valence-corrected chi connectivity index (χ2v) is 10.3. The third-order valence-corrected chi connectivity index (χ3v) is 6.23. The lowest BCUT2D eigenvalue weighted by molar-refractivity contribution is -0.138. The molecule has 2 atom stereocenters. The van der Waals surface area contributed by atoms with E-state index in [-0.39, 0.29) is 37.1 Å². The first-order valence-corrected chi connectivity index (χ1v) is 12.5. The van der Waals surface area contributed by atoms with Gasteiger partial charge >= 0.3 is 12.1 Å². The molecule has 0 fully saturated rings. The molecule has 38 heavy (non-hydrogen) atoms. The molecule has 204 valence electrons. The number of carbonyl (C=O) groups excluding carboxylic acids is 1. The number of nitrogens with zero attached hydrogens (tertiary/aromatic N) is 1. The molecule has 1 amide bonds. The van der Waals surface area contributed by atoms with Crippen LogP contribution in [-0.2, 0) is 15.0 Å². The second kappa shape index (κ2) is 12.3. The third-order valence-electron chi connectivity index (χ3n) is 6.23. The number of aliphatic carboxylic acids is 1. The Hall–Kier alpha value is -3.62. The van der Waals surface area contributed by atoms with E-state index in [0.717, 1.165) is 11.3 Å². The maximum Gasteiger partial charge on any atom is 0.389 e. The zero-order chi connectivity index (χ0) is 27.9. The normalized spacial score (nSPS) is 16.5. The minimum absolute atomic E-state index is 0.0100. The number of allylic oxidation sites excluding steroid dienone is 1. The molecule has 0 saturated heterocycles. The molecule has 1 aromatic carbocycles. The van der Waals surface area contributed by atoms with Gasteiger partial charge in [0, 0.05) is 18.5 Å². The van der Waals surface area contributed by atoms with Crippen molar-refractivity contribution in [1.29, 1.82) is 0 Å². The molecule has 2 N–H and O–H groups in total. The van der Waals surface area contributed by atoms with Crippen molar-refractivity contribution < 1.29 is 32.6 Å². The van der Waals surface area contributed by atoms with Crippen LogP contribution in [0.3, 0.4) is 0 Å². The van der Waals surface area contributed by atoms with Gasteiger partial charge in [-0.2, -0.15) is 13.2 Å². The number of benzene rings is 1. The number of halogens is 3. The SMILES string of the molecule is CC(C)(C)c1ccc(-c2ccc(OC(CCC(F)(F)F)C3=CCC(C(=O)NCCC(=O)O)C=C3)cn2)cc1. The minimum atomic E-state index is -4.34. The number of rotatable bonds is 10. The Morgan fingerprint density at radius 2 is 1.84 bits per heavy atom.